The highest BCUT2D eigenvalue weighted by atomic mass is 32.2. The van der Waals surface area contributed by atoms with Crippen molar-refractivity contribution in [2.75, 3.05) is 47.9 Å². The van der Waals surface area contributed by atoms with Crippen LogP contribution in [0.4, 0.5) is 0 Å². The second-order valence-electron chi connectivity index (χ2n) is 7.59. The molecule has 178 valence electrons. The first-order chi connectivity index (χ1) is 15.7. The average Bonchev–Trinajstić information content (AvgIpc) is 2.81. The maximum Gasteiger partial charge on any atom is 0.240 e. The average molecular weight is 475 g/mol. The lowest BCUT2D eigenvalue weighted by Gasteiger charge is -2.25. The Balaban J connectivity index is 2.03. The van der Waals surface area contributed by atoms with Gasteiger partial charge in [-0.1, -0.05) is 12.1 Å². The molecular formula is C23H30N4O5S. The van der Waals surface area contributed by atoms with E-state index in [1.165, 1.54) is 32.4 Å². The molecule has 0 saturated carbocycles. The van der Waals surface area contributed by atoms with Gasteiger partial charge in [-0.25, -0.2) is 13.1 Å². The van der Waals surface area contributed by atoms with Crippen molar-refractivity contribution in [2.45, 2.75) is 17.9 Å². The van der Waals surface area contributed by atoms with Crippen LogP contribution in [-0.2, 0) is 21.4 Å². The molecule has 0 heterocycles. The SMILES string of the molecule is COc1ccc(S(=O)(=O)NCCC(=O)N(CCN(C)C)Cc2ccc(C#N)cc2)cc1OC. The van der Waals surface area contributed by atoms with Crippen molar-refractivity contribution in [3.05, 3.63) is 53.6 Å². The number of nitrogens with zero attached hydrogens (tertiary/aromatic N) is 3. The van der Waals surface area contributed by atoms with Crippen LogP contribution in [-0.4, -0.2) is 72.1 Å². The number of amides is 1. The second kappa shape index (κ2) is 12.2. The lowest BCUT2D eigenvalue weighted by Crippen LogP contribution is -2.38. The number of rotatable bonds is 12. The number of hydrogen-bond acceptors (Lipinski definition) is 7. The number of likely N-dealkylation sites (N-methyl/N-ethyl adjacent to an activating group) is 1. The molecule has 2 aromatic carbocycles. The third-order valence-corrected chi connectivity index (χ3v) is 6.38. The van der Waals surface area contributed by atoms with E-state index in [1.807, 2.05) is 31.1 Å². The van der Waals surface area contributed by atoms with Crippen LogP contribution >= 0.6 is 0 Å². The van der Waals surface area contributed by atoms with Crippen LogP contribution in [0.1, 0.15) is 17.5 Å². The Bertz CT molecular complexity index is 1080. The summed E-state index contributed by atoms with van der Waals surface area (Å²) in [4.78, 5) is 16.6. The molecule has 0 saturated heterocycles. The molecule has 0 aromatic heterocycles. The first-order valence-electron chi connectivity index (χ1n) is 10.3. The van der Waals surface area contributed by atoms with E-state index in [2.05, 4.69) is 10.8 Å². The van der Waals surface area contributed by atoms with Crippen LogP contribution in [0.5, 0.6) is 11.5 Å². The Hall–Kier alpha value is -3.13. The Morgan fingerprint density at radius 3 is 2.27 bits per heavy atom. The highest BCUT2D eigenvalue weighted by Gasteiger charge is 2.19. The number of nitrogens with one attached hydrogen (secondary N) is 1. The van der Waals surface area contributed by atoms with Crippen LogP contribution in [0.2, 0.25) is 0 Å². The lowest BCUT2D eigenvalue weighted by atomic mass is 10.1. The standard InChI is InChI=1S/C23H30N4O5S/c1-26(2)13-14-27(17-19-7-5-18(16-24)6-8-19)23(28)11-12-25-33(29,30)20-9-10-21(31-3)22(15-20)32-4/h5-10,15,25H,11-14,17H2,1-4H3. The van der Waals surface area contributed by atoms with Gasteiger partial charge < -0.3 is 19.3 Å². The summed E-state index contributed by atoms with van der Waals surface area (Å²) < 4.78 is 38.1. The summed E-state index contributed by atoms with van der Waals surface area (Å²) in [6, 6.07) is 13.4. The van der Waals surface area contributed by atoms with Gasteiger partial charge in [0.05, 0.1) is 30.7 Å². The van der Waals surface area contributed by atoms with E-state index in [4.69, 9.17) is 14.7 Å². The molecule has 33 heavy (non-hydrogen) atoms. The molecule has 9 nitrogen and oxygen atoms in total. The molecule has 0 aliphatic rings. The number of nitriles is 1. The van der Waals surface area contributed by atoms with Crippen molar-refractivity contribution in [1.29, 1.82) is 5.26 Å². The highest BCUT2D eigenvalue weighted by molar-refractivity contribution is 7.89. The predicted octanol–water partition coefficient (Wildman–Crippen LogP) is 1.83. The molecule has 1 N–H and O–H groups in total. The fraction of sp³-hybridized carbons (Fsp3) is 0.391. The molecule has 0 spiro atoms. The zero-order chi connectivity index (χ0) is 24.4. The van der Waals surface area contributed by atoms with Crippen molar-refractivity contribution < 1.29 is 22.7 Å². The van der Waals surface area contributed by atoms with E-state index >= 15 is 0 Å². The third-order valence-electron chi connectivity index (χ3n) is 4.92. The van der Waals surface area contributed by atoms with E-state index in [0.29, 0.717) is 36.7 Å². The molecule has 0 unspecified atom stereocenters. The van der Waals surface area contributed by atoms with Gasteiger partial charge in [0, 0.05) is 38.7 Å². The predicted molar refractivity (Wildman–Crippen MR) is 124 cm³/mol. The molecule has 0 fully saturated rings. The molecule has 1 amide bonds. The first kappa shape index (κ1) is 26.1. The van der Waals surface area contributed by atoms with Crippen molar-refractivity contribution >= 4 is 15.9 Å². The van der Waals surface area contributed by atoms with Crippen molar-refractivity contribution in [2.24, 2.45) is 0 Å². The van der Waals surface area contributed by atoms with E-state index in [9.17, 15) is 13.2 Å². The van der Waals surface area contributed by atoms with Gasteiger partial charge in [0.15, 0.2) is 11.5 Å². The maximum absolute atomic E-state index is 12.9. The summed E-state index contributed by atoms with van der Waals surface area (Å²) in [5.74, 6) is 0.552. The van der Waals surface area contributed by atoms with Crippen LogP contribution < -0.4 is 14.2 Å². The Morgan fingerprint density at radius 1 is 1.03 bits per heavy atom. The van der Waals surface area contributed by atoms with Crippen LogP contribution in [0.25, 0.3) is 0 Å². The van der Waals surface area contributed by atoms with Gasteiger partial charge >= 0.3 is 0 Å². The van der Waals surface area contributed by atoms with Gasteiger partial charge in [0.2, 0.25) is 15.9 Å². The third kappa shape index (κ3) is 7.75. The smallest absolute Gasteiger partial charge is 0.240 e. The number of methoxy groups -OCH3 is 2. The van der Waals surface area contributed by atoms with Crippen LogP contribution in [0.3, 0.4) is 0 Å². The summed E-state index contributed by atoms with van der Waals surface area (Å²) in [7, 11) is 2.91. The van der Waals surface area contributed by atoms with Gasteiger partial charge in [-0.05, 0) is 43.9 Å². The lowest BCUT2D eigenvalue weighted by molar-refractivity contribution is -0.131. The molecule has 0 aliphatic heterocycles. The van der Waals surface area contributed by atoms with E-state index in [-0.39, 0.29) is 23.8 Å². The highest BCUT2D eigenvalue weighted by Crippen LogP contribution is 2.29. The summed E-state index contributed by atoms with van der Waals surface area (Å²) in [6.07, 6.45) is 0.0101. The van der Waals surface area contributed by atoms with Crippen LogP contribution in [0.15, 0.2) is 47.4 Å². The minimum absolute atomic E-state index is 0.0101. The largest absolute Gasteiger partial charge is 0.493 e. The number of carbonyl (C=O) groups excluding carboxylic acids is 1. The van der Waals surface area contributed by atoms with E-state index in [1.54, 1.807) is 17.0 Å². The van der Waals surface area contributed by atoms with Crippen LogP contribution in [0, 0.1) is 11.3 Å². The molecule has 0 atom stereocenters. The number of ether oxygens (including phenoxy) is 2. The summed E-state index contributed by atoms with van der Waals surface area (Å²) in [5, 5.41) is 8.96. The molecule has 2 rings (SSSR count). The minimum atomic E-state index is -3.83. The van der Waals surface area contributed by atoms with Gasteiger partial charge in [-0.3, -0.25) is 4.79 Å². The minimum Gasteiger partial charge on any atom is -0.493 e. The maximum atomic E-state index is 12.9. The van der Waals surface area contributed by atoms with Crippen molar-refractivity contribution in [3.63, 3.8) is 0 Å². The van der Waals surface area contributed by atoms with Crippen molar-refractivity contribution in [1.82, 2.24) is 14.5 Å². The fourth-order valence-electron chi connectivity index (χ4n) is 3.04. The topological polar surface area (TPSA) is 112 Å². The van der Waals surface area contributed by atoms with Gasteiger partial charge in [0.1, 0.15) is 0 Å². The van der Waals surface area contributed by atoms with Gasteiger partial charge in [0.25, 0.3) is 0 Å². The molecular weight excluding hydrogens is 444 g/mol. The normalized spacial score (nSPS) is 11.2. The van der Waals surface area contributed by atoms with Gasteiger partial charge in [-0.15, -0.1) is 0 Å². The Morgan fingerprint density at radius 2 is 1.70 bits per heavy atom. The zero-order valence-corrected chi connectivity index (χ0v) is 20.2. The summed E-state index contributed by atoms with van der Waals surface area (Å²) in [6.45, 7) is 1.50. The number of hydrogen-bond donors (Lipinski definition) is 1. The molecule has 2 aromatic rings. The summed E-state index contributed by atoms with van der Waals surface area (Å²) >= 11 is 0. The van der Waals surface area contributed by atoms with Crippen molar-refractivity contribution in [3.8, 4) is 17.6 Å². The number of benzene rings is 2. The quantitative estimate of drug-likeness (QED) is 0.499. The zero-order valence-electron chi connectivity index (χ0n) is 19.4. The first-order valence-corrected chi connectivity index (χ1v) is 11.8. The molecule has 10 heteroatoms. The monoisotopic (exact) mass is 474 g/mol. The molecule has 0 aliphatic carbocycles. The number of sulfonamides is 1. The van der Waals surface area contributed by atoms with Gasteiger partial charge in [-0.2, -0.15) is 5.26 Å². The Kier molecular flexibility index (Phi) is 9.66. The van der Waals surface area contributed by atoms with E-state index < -0.39 is 10.0 Å². The van der Waals surface area contributed by atoms with E-state index in [0.717, 1.165) is 5.56 Å². The Labute approximate surface area is 195 Å². The second-order valence-corrected chi connectivity index (χ2v) is 9.36. The fourth-order valence-corrected chi connectivity index (χ4v) is 4.08. The number of carbonyl (C=O) groups is 1. The molecule has 0 bridgehead atoms. The summed E-state index contributed by atoms with van der Waals surface area (Å²) in [5.41, 5.74) is 1.45. The molecule has 0 radical (unpaired) electrons.